The van der Waals surface area contributed by atoms with Gasteiger partial charge in [-0.2, -0.15) is 5.10 Å². The molecule has 3 aromatic rings. The predicted molar refractivity (Wildman–Crippen MR) is 168 cm³/mol. The van der Waals surface area contributed by atoms with E-state index in [0.717, 1.165) is 69.4 Å². The summed E-state index contributed by atoms with van der Waals surface area (Å²) < 4.78 is 29.1. The van der Waals surface area contributed by atoms with Gasteiger partial charge in [-0.3, -0.25) is 0 Å². The summed E-state index contributed by atoms with van der Waals surface area (Å²) in [7, 11) is 2.21. The van der Waals surface area contributed by atoms with Crippen LogP contribution in [0.2, 0.25) is 0 Å². The number of aromatic nitrogens is 3. The Morgan fingerprint density at radius 3 is 2.16 bits per heavy atom. The summed E-state index contributed by atoms with van der Waals surface area (Å²) in [6.45, 7) is 6.78. The number of halogens is 2. The number of hydrogen-bond donors (Lipinski definition) is 0. The fraction of sp³-hybridized carbons (Fsp3) is 0.371. The predicted octanol–water partition coefficient (Wildman–Crippen LogP) is 6.71. The standard InChI is InChI=1S/C33H38F2N6.C2H2/c1-3-6-31-38(2)30-8-5-4-7-26(30)23-40(31)29-17-19-39(20-18-29)21-22-41-33(25-11-15-28(35)16-12-25)36-32(37-41)24-9-13-27(34)14-10-24;1-2/h6-16,29H,3-5,17-23H2,1-2H3;1-2H/b31-6-;. The molecule has 2 aromatic carbocycles. The van der Waals surface area contributed by atoms with E-state index in [1.54, 1.807) is 24.3 Å². The molecule has 0 bridgehead atoms. The molecule has 3 aliphatic rings. The number of likely N-dealkylation sites (tertiary alicyclic amines) is 1. The number of terminal acetylenes is 1. The average Bonchev–Trinajstić information content (AvgIpc) is 3.47. The second-order valence-corrected chi connectivity index (χ2v) is 11.1. The van der Waals surface area contributed by atoms with E-state index in [-0.39, 0.29) is 11.6 Å². The molecular formula is C35H40F2N6. The lowest BCUT2D eigenvalue weighted by Crippen LogP contribution is -2.50. The third kappa shape index (κ3) is 6.73. The molecule has 2 fully saturated rings. The highest BCUT2D eigenvalue weighted by Crippen LogP contribution is 2.35. The third-order valence-electron chi connectivity index (χ3n) is 8.45. The van der Waals surface area contributed by atoms with Gasteiger partial charge in [-0.05, 0) is 92.3 Å². The monoisotopic (exact) mass is 582 g/mol. The first-order valence-electron chi connectivity index (χ1n) is 15.1. The summed E-state index contributed by atoms with van der Waals surface area (Å²) in [5.74, 6) is 1.99. The first-order chi connectivity index (χ1) is 21.0. The van der Waals surface area contributed by atoms with Crippen molar-refractivity contribution >= 4 is 0 Å². The Kier molecular flexibility index (Phi) is 9.73. The Morgan fingerprint density at radius 2 is 1.51 bits per heavy atom. The molecule has 1 aliphatic carbocycles. The van der Waals surface area contributed by atoms with E-state index in [2.05, 4.69) is 59.7 Å². The second-order valence-electron chi connectivity index (χ2n) is 11.1. The summed E-state index contributed by atoms with van der Waals surface area (Å²) in [5.41, 5.74) is 4.41. The van der Waals surface area contributed by atoms with Crippen LogP contribution in [0.1, 0.15) is 39.0 Å². The number of rotatable bonds is 7. The average molecular weight is 583 g/mol. The van der Waals surface area contributed by atoms with Gasteiger partial charge in [0.2, 0.25) is 0 Å². The summed E-state index contributed by atoms with van der Waals surface area (Å²) in [6, 6.07) is 13.1. The van der Waals surface area contributed by atoms with E-state index < -0.39 is 0 Å². The fourth-order valence-corrected chi connectivity index (χ4v) is 6.27. The smallest absolute Gasteiger partial charge is 0.181 e. The van der Waals surface area contributed by atoms with Crippen LogP contribution in [0.25, 0.3) is 22.8 Å². The maximum absolute atomic E-state index is 13.6. The summed E-state index contributed by atoms with van der Waals surface area (Å²) in [4.78, 5) is 12.3. The Hall–Kier alpha value is -4.22. The molecule has 224 valence electrons. The van der Waals surface area contributed by atoms with Crippen LogP contribution < -0.4 is 0 Å². The molecule has 8 heteroatoms. The van der Waals surface area contributed by atoms with Crippen molar-refractivity contribution in [2.75, 3.05) is 33.2 Å². The minimum absolute atomic E-state index is 0.287. The largest absolute Gasteiger partial charge is 0.351 e. The Morgan fingerprint density at radius 1 is 0.884 bits per heavy atom. The minimum Gasteiger partial charge on any atom is -0.351 e. The quantitative estimate of drug-likeness (QED) is 0.290. The van der Waals surface area contributed by atoms with Gasteiger partial charge in [0, 0.05) is 56.1 Å². The first kappa shape index (κ1) is 30.2. The van der Waals surface area contributed by atoms with Gasteiger partial charge in [0.1, 0.15) is 17.5 Å². The fourth-order valence-electron chi connectivity index (χ4n) is 6.27. The number of fused-ring (bicyclic) bond motifs is 1. The summed E-state index contributed by atoms with van der Waals surface area (Å²) >= 11 is 0. The van der Waals surface area contributed by atoms with Gasteiger partial charge >= 0.3 is 0 Å². The van der Waals surface area contributed by atoms with Gasteiger partial charge in [-0.15, -0.1) is 12.8 Å². The van der Waals surface area contributed by atoms with E-state index >= 15 is 0 Å². The molecule has 0 atom stereocenters. The van der Waals surface area contributed by atoms with Gasteiger partial charge in [0.15, 0.2) is 11.6 Å². The number of benzene rings is 2. The molecule has 2 aliphatic heterocycles. The van der Waals surface area contributed by atoms with Gasteiger partial charge in [0.05, 0.1) is 6.54 Å². The zero-order chi connectivity index (χ0) is 30.3. The van der Waals surface area contributed by atoms with Crippen LogP contribution >= 0.6 is 0 Å². The number of nitrogens with zero attached hydrogens (tertiary/aromatic N) is 6. The van der Waals surface area contributed by atoms with Crippen molar-refractivity contribution in [1.82, 2.24) is 29.5 Å². The molecule has 0 radical (unpaired) electrons. The molecule has 3 heterocycles. The van der Waals surface area contributed by atoms with Crippen molar-refractivity contribution < 1.29 is 8.78 Å². The minimum atomic E-state index is -0.295. The maximum atomic E-state index is 13.6. The van der Waals surface area contributed by atoms with Gasteiger partial charge in [-0.1, -0.05) is 19.1 Å². The van der Waals surface area contributed by atoms with Gasteiger partial charge < -0.3 is 14.7 Å². The van der Waals surface area contributed by atoms with Crippen LogP contribution in [0.15, 0.2) is 83.9 Å². The van der Waals surface area contributed by atoms with Crippen LogP contribution in [0.5, 0.6) is 0 Å². The van der Waals surface area contributed by atoms with Crippen molar-refractivity contribution in [3.05, 3.63) is 95.5 Å². The van der Waals surface area contributed by atoms with Gasteiger partial charge in [0.25, 0.3) is 0 Å². The normalized spacial score (nSPS) is 18.5. The van der Waals surface area contributed by atoms with Crippen LogP contribution in [0.4, 0.5) is 8.78 Å². The van der Waals surface area contributed by atoms with E-state index in [9.17, 15) is 8.78 Å². The molecular weight excluding hydrogens is 542 g/mol. The number of hydrogen-bond acceptors (Lipinski definition) is 5. The van der Waals surface area contributed by atoms with Crippen molar-refractivity contribution in [2.24, 2.45) is 0 Å². The number of likely N-dealkylation sites (N-methyl/N-ethyl adjacent to an activating group) is 1. The van der Waals surface area contributed by atoms with Crippen LogP contribution in [-0.2, 0) is 6.54 Å². The highest BCUT2D eigenvalue weighted by molar-refractivity contribution is 5.61. The van der Waals surface area contributed by atoms with E-state index in [0.29, 0.717) is 24.2 Å². The number of piperidine rings is 1. The molecule has 0 amide bonds. The highest BCUT2D eigenvalue weighted by Gasteiger charge is 2.33. The lowest BCUT2D eigenvalue weighted by molar-refractivity contribution is 0.107. The Bertz CT molecular complexity index is 1490. The zero-order valence-electron chi connectivity index (χ0n) is 25.1. The zero-order valence-corrected chi connectivity index (χ0v) is 25.1. The number of allylic oxidation sites excluding steroid dienone is 3. The van der Waals surface area contributed by atoms with Crippen LogP contribution in [0.3, 0.4) is 0 Å². The molecule has 43 heavy (non-hydrogen) atoms. The molecule has 0 unspecified atom stereocenters. The Balaban J connectivity index is 0.00000180. The molecule has 6 nitrogen and oxygen atoms in total. The molecule has 2 saturated heterocycles. The molecule has 1 aromatic heterocycles. The molecule has 0 spiro atoms. The topological polar surface area (TPSA) is 40.4 Å². The molecule has 6 rings (SSSR count). The van der Waals surface area contributed by atoms with Crippen LogP contribution in [-0.4, -0.2) is 68.7 Å². The van der Waals surface area contributed by atoms with E-state index in [1.165, 1.54) is 41.4 Å². The summed E-state index contributed by atoms with van der Waals surface area (Å²) in [5, 5.41) is 4.79. The van der Waals surface area contributed by atoms with Gasteiger partial charge in [-0.25, -0.2) is 18.4 Å². The molecule has 0 saturated carbocycles. The van der Waals surface area contributed by atoms with Crippen molar-refractivity contribution in [1.29, 1.82) is 0 Å². The lowest BCUT2D eigenvalue weighted by atomic mass is 9.95. The van der Waals surface area contributed by atoms with E-state index in [1.807, 2.05) is 4.68 Å². The van der Waals surface area contributed by atoms with E-state index in [4.69, 9.17) is 10.1 Å². The summed E-state index contributed by atoms with van der Waals surface area (Å²) in [6.07, 6.45) is 20.7. The first-order valence-corrected chi connectivity index (χ1v) is 15.1. The lowest BCUT2D eigenvalue weighted by Gasteiger charge is -2.48. The molecule has 0 N–H and O–H groups in total. The SMILES string of the molecule is C#C.CC/C=C1/N(C)C2=CCCC=C2CN1C1CCN(CCn2nc(-c3ccc(F)cc3)nc2-c2ccc(F)cc2)CC1. The maximum Gasteiger partial charge on any atom is 0.181 e. The van der Waals surface area contributed by atoms with Crippen molar-refractivity contribution in [3.8, 4) is 35.6 Å². The highest BCUT2D eigenvalue weighted by atomic mass is 19.1. The van der Waals surface area contributed by atoms with Crippen LogP contribution in [0, 0.1) is 24.5 Å². The Labute approximate surface area is 254 Å². The van der Waals surface area contributed by atoms with Crippen molar-refractivity contribution in [3.63, 3.8) is 0 Å². The van der Waals surface area contributed by atoms with Crippen molar-refractivity contribution in [2.45, 2.75) is 51.6 Å². The second kappa shape index (κ2) is 13.8. The third-order valence-corrected chi connectivity index (χ3v) is 8.45.